The van der Waals surface area contributed by atoms with E-state index < -0.39 is 6.09 Å². The van der Waals surface area contributed by atoms with Crippen LogP contribution in [0.5, 0.6) is 0 Å². The summed E-state index contributed by atoms with van der Waals surface area (Å²) < 4.78 is 5.69. The van der Waals surface area contributed by atoms with Crippen molar-refractivity contribution < 1.29 is 14.3 Å². The molecular weight excluding hydrogens is 278 g/mol. The average molecular weight is 291 g/mol. The van der Waals surface area contributed by atoms with E-state index in [1.807, 2.05) is 0 Å². The summed E-state index contributed by atoms with van der Waals surface area (Å²) in [6.07, 6.45) is 3.75. The van der Waals surface area contributed by atoms with E-state index in [1.54, 1.807) is 6.92 Å². The molecule has 2 aromatic heterocycles. The summed E-state index contributed by atoms with van der Waals surface area (Å²) in [5.74, 6) is 0.480. The van der Waals surface area contributed by atoms with Crippen LogP contribution < -0.4 is 10.6 Å². The second-order valence-corrected chi connectivity index (χ2v) is 3.99. The first-order chi connectivity index (χ1) is 10.1. The van der Waals surface area contributed by atoms with Gasteiger partial charge in [0.05, 0.1) is 31.4 Å². The normalized spacial score (nSPS) is 10.0. The number of carbonyl (C=O) groups is 2. The van der Waals surface area contributed by atoms with Crippen LogP contribution in [0.15, 0.2) is 18.6 Å². The summed E-state index contributed by atoms with van der Waals surface area (Å²) in [5, 5.41) is 12.3. The van der Waals surface area contributed by atoms with E-state index in [9.17, 15) is 9.59 Å². The fourth-order valence-corrected chi connectivity index (χ4v) is 1.39. The molecule has 2 heterocycles. The lowest BCUT2D eigenvalue weighted by Crippen LogP contribution is -2.19. The molecule has 0 spiro atoms. The van der Waals surface area contributed by atoms with Gasteiger partial charge in [-0.1, -0.05) is 5.21 Å². The number of methoxy groups -OCH3 is 1. The first kappa shape index (κ1) is 14.4. The van der Waals surface area contributed by atoms with Crippen LogP contribution in [0.25, 0.3) is 0 Å². The maximum atomic E-state index is 11.8. The van der Waals surface area contributed by atoms with Crippen LogP contribution in [0, 0.1) is 6.92 Å². The second kappa shape index (κ2) is 6.41. The van der Waals surface area contributed by atoms with Crippen LogP contribution in [0.3, 0.4) is 0 Å². The van der Waals surface area contributed by atoms with E-state index in [-0.39, 0.29) is 18.3 Å². The molecule has 10 heteroatoms. The second-order valence-electron chi connectivity index (χ2n) is 3.99. The molecule has 0 saturated heterocycles. The van der Waals surface area contributed by atoms with Crippen LogP contribution in [0.2, 0.25) is 0 Å². The van der Waals surface area contributed by atoms with Crippen molar-refractivity contribution in [2.24, 2.45) is 0 Å². The number of aryl methyl sites for hydroxylation is 1. The summed E-state index contributed by atoms with van der Waals surface area (Å²) in [6, 6.07) is 0. The van der Waals surface area contributed by atoms with Gasteiger partial charge in [-0.2, -0.15) is 0 Å². The lowest BCUT2D eigenvalue weighted by Gasteiger charge is -2.04. The maximum absolute atomic E-state index is 11.8. The maximum Gasteiger partial charge on any atom is 0.412 e. The fraction of sp³-hybridized carbons (Fsp3) is 0.273. The molecule has 2 rings (SSSR count). The van der Waals surface area contributed by atoms with Crippen molar-refractivity contribution in [1.82, 2.24) is 25.0 Å². The third kappa shape index (κ3) is 4.23. The van der Waals surface area contributed by atoms with Crippen LogP contribution >= 0.6 is 0 Å². The lowest BCUT2D eigenvalue weighted by molar-refractivity contribution is -0.116. The van der Waals surface area contributed by atoms with E-state index in [4.69, 9.17) is 0 Å². The number of rotatable bonds is 4. The lowest BCUT2D eigenvalue weighted by atomic mass is 10.4. The molecule has 0 aliphatic rings. The molecule has 0 aromatic carbocycles. The topological polar surface area (TPSA) is 124 Å². The predicted octanol–water partition coefficient (Wildman–Crippen LogP) is 0.194. The standard InChI is InChI=1S/C11H13N7O3/c1-7-12-3-8(4-13-7)14-10(19)6-18-5-9(16-17-18)15-11(20)21-2/h3-5H,6H2,1-2H3,(H,14,19)(H,15,20). The fourth-order valence-electron chi connectivity index (χ4n) is 1.39. The molecule has 0 unspecified atom stereocenters. The van der Waals surface area contributed by atoms with Gasteiger partial charge in [0.2, 0.25) is 5.91 Å². The van der Waals surface area contributed by atoms with Gasteiger partial charge < -0.3 is 10.1 Å². The summed E-state index contributed by atoms with van der Waals surface area (Å²) in [7, 11) is 1.23. The molecule has 0 aliphatic carbocycles. The smallest absolute Gasteiger partial charge is 0.412 e. The van der Waals surface area contributed by atoms with E-state index in [0.29, 0.717) is 11.5 Å². The molecule has 0 atom stereocenters. The Morgan fingerprint density at radius 2 is 2.00 bits per heavy atom. The van der Waals surface area contributed by atoms with Gasteiger partial charge in [-0.3, -0.25) is 10.1 Å². The predicted molar refractivity (Wildman–Crippen MR) is 71.4 cm³/mol. The van der Waals surface area contributed by atoms with Gasteiger partial charge >= 0.3 is 6.09 Å². The molecule has 0 saturated carbocycles. The molecule has 2 amide bonds. The minimum Gasteiger partial charge on any atom is -0.453 e. The zero-order valence-corrected chi connectivity index (χ0v) is 11.4. The van der Waals surface area contributed by atoms with E-state index in [2.05, 4.69) is 35.7 Å². The number of amides is 2. The Kier molecular flexibility index (Phi) is 4.39. The van der Waals surface area contributed by atoms with Crippen LogP contribution in [0.4, 0.5) is 16.3 Å². The highest BCUT2D eigenvalue weighted by atomic mass is 16.5. The summed E-state index contributed by atoms with van der Waals surface area (Å²) in [5.41, 5.74) is 0.485. The highest BCUT2D eigenvalue weighted by Crippen LogP contribution is 2.04. The Morgan fingerprint density at radius 1 is 1.29 bits per heavy atom. The number of anilines is 2. The third-order valence-electron chi connectivity index (χ3n) is 2.32. The zero-order valence-electron chi connectivity index (χ0n) is 11.4. The Bertz CT molecular complexity index is 638. The van der Waals surface area contributed by atoms with Gasteiger partial charge in [0.15, 0.2) is 5.82 Å². The average Bonchev–Trinajstić information content (AvgIpc) is 2.88. The largest absolute Gasteiger partial charge is 0.453 e. The van der Waals surface area contributed by atoms with Crippen molar-refractivity contribution in [2.45, 2.75) is 13.5 Å². The van der Waals surface area contributed by atoms with Crippen molar-refractivity contribution in [3.63, 3.8) is 0 Å². The minimum atomic E-state index is -0.664. The van der Waals surface area contributed by atoms with Crippen molar-refractivity contribution in [3.8, 4) is 0 Å². The number of nitrogens with zero attached hydrogens (tertiary/aromatic N) is 5. The van der Waals surface area contributed by atoms with Gasteiger partial charge in [-0.25, -0.2) is 19.4 Å². The van der Waals surface area contributed by atoms with Crippen molar-refractivity contribution in [2.75, 3.05) is 17.7 Å². The Balaban J connectivity index is 1.90. The van der Waals surface area contributed by atoms with Crippen molar-refractivity contribution >= 4 is 23.5 Å². The first-order valence-corrected chi connectivity index (χ1v) is 5.90. The van der Waals surface area contributed by atoms with Gasteiger partial charge in [0.1, 0.15) is 12.4 Å². The van der Waals surface area contributed by atoms with Gasteiger partial charge in [0, 0.05) is 0 Å². The first-order valence-electron chi connectivity index (χ1n) is 5.90. The summed E-state index contributed by atoms with van der Waals surface area (Å²) in [4.78, 5) is 30.7. The highest BCUT2D eigenvalue weighted by Gasteiger charge is 2.09. The third-order valence-corrected chi connectivity index (χ3v) is 2.32. The van der Waals surface area contributed by atoms with E-state index in [0.717, 1.165) is 0 Å². The molecule has 21 heavy (non-hydrogen) atoms. The van der Waals surface area contributed by atoms with Crippen molar-refractivity contribution in [3.05, 3.63) is 24.4 Å². The molecule has 0 fully saturated rings. The number of nitrogens with one attached hydrogen (secondary N) is 2. The quantitative estimate of drug-likeness (QED) is 0.824. The number of hydrogen-bond donors (Lipinski definition) is 2. The molecular formula is C11H13N7O3. The van der Waals surface area contributed by atoms with Crippen LogP contribution in [-0.2, 0) is 16.1 Å². The molecule has 2 aromatic rings. The Hall–Kier alpha value is -3.04. The van der Waals surface area contributed by atoms with Crippen molar-refractivity contribution in [1.29, 1.82) is 0 Å². The highest BCUT2D eigenvalue weighted by molar-refractivity contribution is 5.90. The van der Waals surface area contributed by atoms with Crippen LogP contribution in [0.1, 0.15) is 5.82 Å². The molecule has 0 radical (unpaired) electrons. The molecule has 0 bridgehead atoms. The summed E-state index contributed by atoms with van der Waals surface area (Å²) >= 11 is 0. The number of hydrogen-bond acceptors (Lipinski definition) is 7. The Morgan fingerprint density at radius 3 is 2.67 bits per heavy atom. The molecule has 10 nitrogen and oxygen atoms in total. The summed E-state index contributed by atoms with van der Waals surface area (Å²) in [6.45, 7) is 1.68. The molecule has 0 aliphatic heterocycles. The van der Waals surface area contributed by atoms with Gasteiger partial charge in [-0.15, -0.1) is 5.10 Å². The molecule has 2 N–H and O–H groups in total. The monoisotopic (exact) mass is 291 g/mol. The molecule has 110 valence electrons. The Labute approximate surface area is 119 Å². The van der Waals surface area contributed by atoms with Gasteiger partial charge in [0.25, 0.3) is 0 Å². The van der Waals surface area contributed by atoms with E-state index >= 15 is 0 Å². The zero-order chi connectivity index (χ0) is 15.2. The number of ether oxygens (including phenoxy) is 1. The van der Waals surface area contributed by atoms with Gasteiger partial charge in [-0.05, 0) is 6.92 Å². The number of aromatic nitrogens is 5. The van der Waals surface area contributed by atoms with Crippen LogP contribution in [-0.4, -0.2) is 44.1 Å². The van der Waals surface area contributed by atoms with E-state index in [1.165, 1.54) is 30.4 Å². The minimum absolute atomic E-state index is 0.0657. The SMILES string of the molecule is COC(=O)Nc1cn(CC(=O)Nc2cnc(C)nc2)nn1. The number of carbonyl (C=O) groups excluding carboxylic acids is 2.